The Morgan fingerprint density at radius 1 is 0.453 bits per heavy atom. The molecule has 53 heavy (non-hydrogen) atoms. The van der Waals surface area contributed by atoms with E-state index in [1.165, 1.54) is 72.5 Å². The van der Waals surface area contributed by atoms with E-state index in [1.807, 2.05) is 0 Å². The molecule has 0 amide bonds. The van der Waals surface area contributed by atoms with E-state index in [9.17, 15) is 0 Å². The Hall–Kier alpha value is -6.44. The predicted molar refractivity (Wildman–Crippen MR) is 223 cm³/mol. The molecular formula is C52H39N. The van der Waals surface area contributed by atoms with Gasteiger partial charge in [0.15, 0.2) is 0 Å². The molecule has 10 rings (SSSR count). The lowest BCUT2D eigenvalue weighted by Gasteiger charge is -2.34. The van der Waals surface area contributed by atoms with E-state index in [4.69, 9.17) is 0 Å². The van der Waals surface area contributed by atoms with Crippen LogP contribution >= 0.6 is 0 Å². The molecule has 0 fully saturated rings. The molecule has 1 unspecified atom stereocenters. The summed E-state index contributed by atoms with van der Waals surface area (Å²) < 4.78 is 0. The molecule has 6 aromatic rings. The maximum Gasteiger partial charge on any atom is 0.0723 e. The molecule has 4 aliphatic rings. The van der Waals surface area contributed by atoms with Crippen molar-refractivity contribution in [3.8, 4) is 22.3 Å². The van der Waals surface area contributed by atoms with Crippen LogP contribution < -0.4 is 4.90 Å². The number of benzene rings is 6. The van der Waals surface area contributed by atoms with Crippen LogP contribution in [0, 0.1) is 0 Å². The van der Waals surface area contributed by atoms with Crippen LogP contribution in [0.3, 0.4) is 0 Å². The molecule has 1 spiro atoms. The molecule has 1 nitrogen and oxygen atoms in total. The minimum atomic E-state index is -0.421. The zero-order chi connectivity index (χ0) is 35.2. The van der Waals surface area contributed by atoms with E-state index in [1.54, 1.807) is 0 Å². The number of rotatable bonds is 5. The van der Waals surface area contributed by atoms with E-state index in [-0.39, 0.29) is 0 Å². The fourth-order valence-electron chi connectivity index (χ4n) is 9.20. The van der Waals surface area contributed by atoms with Crippen LogP contribution in [0.5, 0.6) is 0 Å². The Bertz CT molecular complexity index is 2580. The average molecular weight is 678 g/mol. The maximum atomic E-state index is 2.52. The third kappa shape index (κ3) is 4.92. The highest BCUT2D eigenvalue weighted by Crippen LogP contribution is 2.65. The van der Waals surface area contributed by atoms with Crippen LogP contribution in [-0.2, 0) is 5.41 Å². The second kappa shape index (κ2) is 13.0. The van der Waals surface area contributed by atoms with Gasteiger partial charge in [0.05, 0.1) is 16.8 Å². The maximum absolute atomic E-state index is 2.52. The second-order valence-electron chi connectivity index (χ2n) is 14.2. The molecule has 0 aliphatic heterocycles. The summed E-state index contributed by atoms with van der Waals surface area (Å²) in [6.45, 7) is 0. The van der Waals surface area contributed by atoms with Crippen LogP contribution in [-0.4, -0.2) is 0 Å². The smallest absolute Gasteiger partial charge is 0.0723 e. The zero-order valence-electron chi connectivity index (χ0n) is 29.6. The number of para-hydroxylation sites is 1. The minimum absolute atomic E-state index is 0.421. The second-order valence-corrected chi connectivity index (χ2v) is 14.2. The fourth-order valence-corrected chi connectivity index (χ4v) is 9.20. The fraction of sp³-hybridized carbons (Fsp3) is 0.0769. The van der Waals surface area contributed by atoms with Crippen molar-refractivity contribution < 1.29 is 0 Å². The molecule has 0 aromatic heterocycles. The monoisotopic (exact) mass is 677 g/mol. The Labute approximate surface area is 312 Å². The lowest BCUT2D eigenvalue weighted by molar-refractivity contribution is 0.782. The van der Waals surface area contributed by atoms with Crippen molar-refractivity contribution in [1.29, 1.82) is 0 Å². The molecule has 0 heterocycles. The summed E-state index contributed by atoms with van der Waals surface area (Å²) in [5.41, 5.74) is 18.7. The molecule has 1 heteroatoms. The molecule has 0 saturated heterocycles. The topological polar surface area (TPSA) is 3.24 Å². The largest absolute Gasteiger partial charge is 0.309 e. The van der Waals surface area contributed by atoms with E-state index in [2.05, 4.69) is 205 Å². The van der Waals surface area contributed by atoms with Gasteiger partial charge in [-0.3, -0.25) is 0 Å². The molecule has 0 saturated carbocycles. The number of nitrogens with zero attached hydrogens (tertiary/aromatic N) is 1. The SMILES string of the molecule is C1=CC2=C(C=CC1)C1(C3=C/C/C=C\C/C=C\3c3ccccc31)c1cccc(N(c3cccc(-c4ccccc4)c3)c3ccccc3-c3ccccc3)c12. The van der Waals surface area contributed by atoms with E-state index in [0.29, 0.717) is 0 Å². The first kappa shape index (κ1) is 31.3. The Balaban J connectivity index is 1.30. The van der Waals surface area contributed by atoms with Crippen LogP contribution in [0.15, 0.2) is 211 Å². The van der Waals surface area contributed by atoms with Gasteiger partial charge in [-0.05, 0) is 99.2 Å². The van der Waals surface area contributed by atoms with Crippen LogP contribution in [0.2, 0.25) is 0 Å². The van der Waals surface area contributed by atoms with E-state index in [0.717, 1.165) is 30.6 Å². The van der Waals surface area contributed by atoms with Crippen molar-refractivity contribution in [3.05, 3.63) is 234 Å². The number of fused-ring (bicyclic) bond motifs is 9. The van der Waals surface area contributed by atoms with Crippen molar-refractivity contribution in [3.63, 3.8) is 0 Å². The van der Waals surface area contributed by atoms with Gasteiger partial charge in [-0.2, -0.15) is 0 Å². The normalized spacial score (nSPS) is 20.5. The van der Waals surface area contributed by atoms with Gasteiger partial charge >= 0.3 is 0 Å². The van der Waals surface area contributed by atoms with E-state index >= 15 is 0 Å². The molecular weight excluding hydrogens is 639 g/mol. The third-order valence-corrected chi connectivity index (χ3v) is 11.3. The Morgan fingerprint density at radius 3 is 1.94 bits per heavy atom. The summed E-state index contributed by atoms with van der Waals surface area (Å²) in [6, 6.07) is 55.7. The van der Waals surface area contributed by atoms with Gasteiger partial charge in [0.2, 0.25) is 0 Å². The first-order valence-corrected chi connectivity index (χ1v) is 18.8. The first-order valence-electron chi connectivity index (χ1n) is 18.8. The Morgan fingerprint density at radius 2 is 1.09 bits per heavy atom. The lowest BCUT2D eigenvalue weighted by Crippen LogP contribution is -2.27. The average Bonchev–Trinajstić information content (AvgIpc) is 3.48. The van der Waals surface area contributed by atoms with E-state index < -0.39 is 5.41 Å². The van der Waals surface area contributed by atoms with Gasteiger partial charge in [-0.1, -0.05) is 176 Å². The van der Waals surface area contributed by atoms with Crippen molar-refractivity contribution >= 4 is 28.2 Å². The van der Waals surface area contributed by atoms with Crippen LogP contribution in [0.1, 0.15) is 41.5 Å². The highest BCUT2D eigenvalue weighted by molar-refractivity contribution is 6.06. The molecule has 252 valence electrons. The predicted octanol–water partition coefficient (Wildman–Crippen LogP) is 13.7. The van der Waals surface area contributed by atoms with Gasteiger partial charge in [-0.15, -0.1) is 0 Å². The minimum Gasteiger partial charge on any atom is -0.309 e. The summed E-state index contributed by atoms with van der Waals surface area (Å²) in [6.07, 6.45) is 21.9. The zero-order valence-corrected chi connectivity index (χ0v) is 29.6. The van der Waals surface area contributed by atoms with Gasteiger partial charge in [0, 0.05) is 16.8 Å². The molecule has 6 aromatic carbocycles. The quantitative estimate of drug-likeness (QED) is 0.164. The summed E-state index contributed by atoms with van der Waals surface area (Å²) in [5, 5.41) is 0. The van der Waals surface area contributed by atoms with Gasteiger partial charge < -0.3 is 4.90 Å². The van der Waals surface area contributed by atoms with Crippen molar-refractivity contribution in [2.75, 3.05) is 4.90 Å². The third-order valence-electron chi connectivity index (χ3n) is 11.3. The first-order chi connectivity index (χ1) is 26.3. The molecule has 4 aliphatic carbocycles. The van der Waals surface area contributed by atoms with Gasteiger partial charge in [0.25, 0.3) is 0 Å². The van der Waals surface area contributed by atoms with Crippen molar-refractivity contribution in [2.45, 2.75) is 24.7 Å². The highest BCUT2D eigenvalue weighted by Gasteiger charge is 2.54. The molecule has 0 bridgehead atoms. The van der Waals surface area contributed by atoms with Crippen LogP contribution in [0.4, 0.5) is 17.1 Å². The highest BCUT2D eigenvalue weighted by atomic mass is 15.1. The van der Waals surface area contributed by atoms with Gasteiger partial charge in [-0.25, -0.2) is 0 Å². The Kier molecular flexibility index (Phi) is 7.65. The molecule has 0 N–H and O–H groups in total. The summed E-state index contributed by atoms with van der Waals surface area (Å²) >= 11 is 0. The summed E-state index contributed by atoms with van der Waals surface area (Å²) in [7, 11) is 0. The van der Waals surface area contributed by atoms with Crippen molar-refractivity contribution in [2.24, 2.45) is 0 Å². The number of anilines is 3. The molecule has 0 radical (unpaired) electrons. The van der Waals surface area contributed by atoms with Gasteiger partial charge in [0.1, 0.15) is 0 Å². The number of allylic oxidation sites excluding steroid dienone is 12. The lowest BCUT2D eigenvalue weighted by atomic mass is 9.69. The molecule has 1 atom stereocenters. The standard InChI is InChI=1S/C52H39N/c1-2-12-30-45-42(27-10-1)43-28-14-16-32-46(43)52(45)47-31-13-5-11-29-44(47)51-48(52)33-19-35-50(51)53(40-25-18-24-39(36-40)37-20-6-3-7-21-37)49-34-17-15-26-41(49)38-22-8-4-9-23-38/h1-4,6-9,11,13-36H,5,10,12H2/b2-1-,42-27-,45-30+. The summed E-state index contributed by atoms with van der Waals surface area (Å²) in [5.74, 6) is 0. The number of hydrogen-bond donors (Lipinski definition) is 0. The van der Waals surface area contributed by atoms with Crippen molar-refractivity contribution in [1.82, 2.24) is 0 Å². The number of hydrogen-bond acceptors (Lipinski definition) is 1. The summed E-state index contributed by atoms with van der Waals surface area (Å²) in [4.78, 5) is 2.52. The van der Waals surface area contributed by atoms with Crippen LogP contribution in [0.25, 0.3) is 33.4 Å².